The van der Waals surface area contributed by atoms with Crippen LogP contribution in [0.15, 0.2) is 18.2 Å². The molecule has 17 heavy (non-hydrogen) atoms. The van der Waals surface area contributed by atoms with Gasteiger partial charge in [0.15, 0.2) is 0 Å². The van der Waals surface area contributed by atoms with Gasteiger partial charge in [0, 0.05) is 24.8 Å². The average Bonchev–Trinajstić information content (AvgIpc) is 2.29. The first-order valence-electron chi connectivity index (χ1n) is 6.21. The van der Waals surface area contributed by atoms with Gasteiger partial charge in [0.1, 0.15) is 5.75 Å². The van der Waals surface area contributed by atoms with Gasteiger partial charge >= 0.3 is 0 Å². The Balaban J connectivity index is 2.72. The predicted molar refractivity (Wildman–Crippen MR) is 73.2 cm³/mol. The van der Waals surface area contributed by atoms with Crippen LogP contribution in [0.25, 0.3) is 0 Å². The first-order valence-corrected chi connectivity index (χ1v) is 6.21. The van der Waals surface area contributed by atoms with Gasteiger partial charge in [0.2, 0.25) is 0 Å². The molecule has 0 fully saturated rings. The van der Waals surface area contributed by atoms with Crippen molar-refractivity contribution in [3.63, 3.8) is 0 Å². The Hall–Kier alpha value is -1.22. The van der Waals surface area contributed by atoms with E-state index in [0.717, 1.165) is 31.1 Å². The van der Waals surface area contributed by atoms with Crippen LogP contribution in [0.4, 0.5) is 5.69 Å². The summed E-state index contributed by atoms with van der Waals surface area (Å²) in [7, 11) is 1.66. The normalized spacial score (nSPS) is 11.2. The fourth-order valence-electron chi connectivity index (χ4n) is 1.91. The second-order valence-electron chi connectivity index (χ2n) is 4.79. The number of hydrogen-bond acceptors (Lipinski definition) is 3. The molecule has 0 aliphatic carbocycles. The number of nitrogens with two attached hydrogens (primary N) is 1. The Labute approximate surface area is 105 Å². The third kappa shape index (κ3) is 4.27. The van der Waals surface area contributed by atoms with Crippen molar-refractivity contribution in [1.29, 1.82) is 0 Å². The lowest BCUT2D eigenvalue weighted by Crippen LogP contribution is -2.27. The standard InChI is InChI=1S/C14H24N2O/c1-5-16(9-11(2)3)10-12-6-7-13(17-4)8-14(12)15/h6-8,11H,5,9-10,15H2,1-4H3. The van der Waals surface area contributed by atoms with Crippen molar-refractivity contribution in [2.75, 3.05) is 25.9 Å². The van der Waals surface area contributed by atoms with Crippen molar-refractivity contribution in [2.24, 2.45) is 5.92 Å². The SMILES string of the molecule is CCN(Cc1ccc(OC)cc1N)CC(C)C. The van der Waals surface area contributed by atoms with Crippen molar-refractivity contribution in [2.45, 2.75) is 27.3 Å². The van der Waals surface area contributed by atoms with E-state index < -0.39 is 0 Å². The van der Waals surface area contributed by atoms with Gasteiger partial charge in [-0.25, -0.2) is 0 Å². The number of hydrogen-bond donors (Lipinski definition) is 1. The second-order valence-corrected chi connectivity index (χ2v) is 4.79. The number of nitrogen functional groups attached to an aromatic ring is 1. The van der Waals surface area contributed by atoms with E-state index in [2.05, 4.69) is 31.7 Å². The molecule has 3 nitrogen and oxygen atoms in total. The van der Waals surface area contributed by atoms with Gasteiger partial charge in [-0.15, -0.1) is 0 Å². The van der Waals surface area contributed by atoms with Gasteiger partial charge in [0.25, 0.3) is 0 Å². The topological polar surface area (TPSA) is 38.5 Å². The number of ether oxygens (including phenoxy) is 1. The number of benzene rings is 1. The van der Waals surface area contributed by atoms with Crippen molar-refractivity contribution >= 4 is 5.69 Å². The lowest BCUT2D eigenvalue weighted by molar-refractivity contribution is 0.248. The molecule has 1 rings (SSSR count). The van der Waals surface area contributed by atoms with Crippen LogP contribution in [0.1, 0.15) is 26.3 Å². The van der Waals surface area contributed by atoms with Crippen molar-refractivity contribution < 1.29 is 4.74 Å². The van der Waals surface area contributed by atoms with Crippen LogP contribution in [0.2, 0.25) is 0 Å². The van der Waals surface area contributed by atoms with Crippen molar-refractivity contribution in [3.8, 4) is 5.75 Å². The van der Waals surface area contributed by atoms with E-state index in [1.165, 1.54) is 5.56 Å². The van der Waals surface area contributed by atoms with Crippen molar-refractivity contribution in [3.05, 3.63) is 23.8 Å². The molecule has 0 atom stereocenters. The van der Waals surface area contributed by atoms with E-state index in [0.29, 0.717) is 5.92 Å². The molecule has 1 aromatic carbocycles. The zero-order valence-electron chi connectivity index (χ0n) is 11.4. The molecule has 0 aromatic heterocycles. The highest BCUT2D eigenvalue weighted by Crippen LogP contribution is 2.21. The quantitative estimate of drug-likeness (QED) is 0.772. The zero-order valence-corrected chi connectivity index (χ0v) is 11.4. The number of nitrogens with zero attached hydrogens (tertiary/aromatic N) is 1. The monoisotopic (exact) mass is 236 g/mol. The number of methoxy groups -OCH3 is 1. The largest absolute Gasteiger partial charge is 0.497 e. The van der Waals surface area contributed by atoms with Crippen molar-refractivity contribution in [1.82, 2.24) is 4.90 Å². The van der Waals surface area contributed by atoms with Crippen LogP contribution in [-0.2, 0) is 6.54 Å². The molecule has 0 saturated carbocycles. The van der Waals surface area contributed by atoms with Gasteiger partial charge in [-0.1, -0.05) is 26.8 Å². The average molecular weight is 236 g/mol. The Morgan fingerprint density at radius 3 is 2.53 bits per heavy atom. The molecule has 0 aliphatic rings. The lowest BCUT2D eigenvalue weighted by atomic mass is 10.1. The van der Waals surface area contributed by atoms with E-state index in [9.17, 15) is 0 Å². The molecule has 0 unspecified atom stereocenters. The molecule has 0 heterocycles. The molecule has 2 N–H and O–H groups in total. The van der Waals surface area contributed by atoms with Gasteiger partial charge < -0.3 is 10.5 Å². The summed E-state index contributed by atoms with van der Waals surface area (Å²) in [5.41, 5.74) is 8.01. The summed E-state index contributed by atoms with van der Waals surface area (Å²) in [4.78, 5) is 2.41. The minimum absolute atomic E-state index is 0.675. The maximum Gasteiger partial charge on any atom is 0.120 e. The van der Waals surface area contributed by atoms with Gasteiger partial charge in [0.05, 0.1) is 7.11 Å². The Morgan fingerprint density at radius 1 is 1.35 bits per heavy atom. The smallest absolute Gasteiger partial charge is 0.120 e. The van der Waals surface area contributed by atoms with E-state index >= 15 is 0 Å². The molecule has 0 aliphatic heterocycles. The lowest BCUT2D eigenvalue weighted by Gasteiger charge is -2.23. The van der Waals surface area contributed by atoms with Gasteiger partial charge in [-0.3, -0.25) is 4.90 Å². The summed E-state index contributed by atoms with van der Waals surface area (Å²) < 4.78 is 5.15. The number of rotatable bonds is 6. The molecule has 96 valence electrons. The van der Waals surface area contributed by atoms with Crippen LogP contribution in [0.3, 0.4) is 0 Å². The Kier molecular flexibility index (Phi) is 5.29. The molecular formula is C14H24N2O. The molecule has 0 spiro atoms. The summed E-state index contributed by atoms with van der Waals surface area (Å²) in [6, 6.07) is 5.91. The third-order valence-corrected chi connectivity index (χ3v) is 2.82. The first-order chi connectivity index (χ1) is 8.06. The fraction of sp³-hybridized carbons (Fsp3) is 0.571. The van der Waals surface area contributed by atoms with E-state index in [1.54, 1.807) is 7.11 Å². The van der Waals surface area contributed by atoms with Crippen LogP contribution >= 0.6 is 0 Å². The zero-order chi connectivity index (χ0) is 12.8. The van der Waals surface area contributed by atoms with E-state index in [1.807, 2.05) is 12.1 Å². The Bertz CT molecular complexity index is 350. The minimum Gasteiger partial charge on any atom is -0.497 e. The van der Waals surface area contributed by atoms with E-state index in [4.69, 9.17) is 10.5 Å². The third-order valence-electron chi connectivity index (χ3n) is 2.82. The Morgan fingerprint density at radius 2 is 2.06 bits per heavy atom. The van der Waals surface area contributed by atoms with Crippen LogP contribution in [0.5, 0.6) is 5.75 Å². The van der Waals surface area contributed by atoms with Crippen LogP contribution in [-0.4, -0.2) is 25.1 Å². The predicted octanol–water partition coefficient (Wildman–Crippen LogP) is 2.76. The summed E-state index contributed by atoms with van der Waals surface area (Å²) >= 11 is 0. The summed E-state index contributed by atoms with van der Waals surface area (Å²) in [5, 5.41) is 0. The molecule has 0 radical (unpaired) electrons. The first kappa shape index (κ1) is 13.8. The minimum atomic E-state index is 0.675. The highest BCUT2D eigenvalue weighted by atomic mass is 16.5. The number of anilines is 1. The van der Waals surface area contributed by atoms with Crippen LogP contribution < -0.4 is 10.5 Å². The highest BCUT2D eigenvalue weighted by Gasteiger charge is 2.08. The van der Waals surface area contributed by atoms with Crippen LogP contribution in [0, 0.1) is 5.92 Å². The molecule has 3 heteroatoms. The summed E-state index contributed by atoms with van der Waals surface area (Å²) in [5.74, 6) is 1.49. The summed E-state index contributed by atoms with van der Waals surface area (Å²) in [6.07, 6.45) is 0. The molecular weight excluding hydrogens is 212 g/mol. The molecule has 1 aromatic rings. The molecule has 0 bridgehead atoms. The molecule has 0 amide bonds. The van der Waals surface area contributed by atoms with E-state index in [-0.39, 0.29) is 0 Å². The maximum atomic E-state index is 6.02. The van der Waals surface area contributed by atoms with Gasteiger partial charge in [-0.2, -0.15) is 0 Å². The van der Waals surface area contributed by atoms with Gasteiger partial charge in [-0.05, 0) is 24.1 Å². The second kappa shape index (κ2) is 6.50. The maximum absolute atomic E-state index is 6.02. The fourth-order valence-corrected chi connectivity index (χ4v) is 1.91. The molecule has 0 saturated heterocycles. The summed E-state index contributed by atoms with van der Waals surface area (Å²) in [6.45, 7) is 9.71. The highest BCUT2D eigenvalue weighted by molar-refractivity contribution is 5.51.